The van der Waals surface area contributed by atoms with Crippen LogP contribution in [0.15, 0.2) is 24.3 Å². The molecule has 1 unspecified atom stereocenters. The van der Waals surface area contributed by atoms with Crippen LogP contribution in [0, 0.1) is 0 Å². The van der Waals surface area contributed by atoms with Gasteiger partial charge in [-0.05, 0) is 43.6 Å². The Morgan fingerprint density at radius 3 is 2.45 bits per heavy atom. The lowest BCUT2D eigenvalue weighted by Crippen LogP contribution is -2.38. The van der Waals surface area contributed by atoms with Crippen LogP contribution >= 0.6 is 24.0 Å². The molecule has 5 heteroatoms. The topological polar surface area (TPSA) is 32.7 Å². The molecule has 0 saturated carbocycles. The predicted octanol–water partition coefficient (Wildman–Crippen LogP) is 3.13. The number of likely N-dealkylation sites (tertiary alicyclic amines) is 1. The lowest BCUT2D eigenvalue weighted by molar-refractivity contribution is 0.00713. The van der Waals surface area contributed by atoms with Crippen molar-refractivity contribution in [3.05, 3.63) is 34.9 Å². The molecule has 1 aromatic rings. The van der Waals surface area contributed by atoms with Crippen LogP contribution in [-0.2, 0) is 11.3 Å². The van der Waals surface area contributed by atoms with E-state index in [2.05, 4.69) is 4.90 Å². The van der Waals surface area contributed by atoms with Gasteiger partial charge in [0.15, 0.2) is 0 Å². The minimum Gasteiger partial charge on any atom is -0.389 e. The number of halogens is 2. The molecule has 20 heavy (non-hydrogen) atoms. The summed E-state index contributed by atoms with van der Waals surface area (Å²) in [5, 5.41) is 10.7. The van der Waals surface area contributed by atoms with Crippen molar-refractivity contribution in [1.82, 2.24) is 4.90 Å². The Morgan fingerprint density at radius 2 is 1.80 bits per heavy atom. The van der Waals surface area contributed by atoms with E-state index >= 15 is 0 Å². The Kier molecular flexibility index (Phi) is 8.50. The van der Waals surface area contributed by atoms with Crippen LogP contribution in [0.2, 0.25) is 5.02 Å². The minimum atomic E-state index is -0.398. The van der Waals surface area contributed by atoms with Crippen LogP contribution in [0.25, 0.3) is 0 Å². The maximum atomic E-state index is 9.94. The van der Waals surface area contributed by atoms with E-state index in [0.29, 0.717) is 13.2 Å². The summed E-state index contributed by atoms with van der Waals surface area (Å²) in [5.74, 6) is 0. The highest BCUT2D eigenvalue weighted by Crippen LogP contribution is 2.11. The number of ether oxygens (including phenoxy) is 1. The van der Waals surface area contributed by atoms with Crippen molar-refractivity contribution in [2.75, 3.05) is 26.2 Å². The average molecular weight is 320 g/mol. The van der Waals surface area contributed by atoms with E-state index in [1.165, 1.54) is 19.3 Å². The Hall–Kier alpha value is -0.320. The van der Waals surface area contributed by atoms with Crippen molar-refractivity contribution in [2.24, 2.45) is 0 Å². The standard InChI is InChI=1S/C15H22ClNO2.ClH/c16-14-6-4-13(5-7-14)11-19-12-15(18)10-17-8-2-1-3-9-17;/h4-7,15,18H,1-3,8-12H2;1H. The second-order valence-corrected chi connectivity index (χ2v) is 5.59. The van der Waals surface area contributed by atoms with Crippen LogP contribution in [0.5, 0.6) is 0 Å². The molecule has 1 aliphatic heterocycles. The molecule has 2 rings (SSSR count). The van der Waals surface area contributed by atoms with Gasteiger partial charge in [-0.3, -0.25) is 0 Å². The van der Waals surface area contributed by atoms with Crippen LogP contribution < -0.4 is 0 Å². The molecule has 1 atom stereocenters. The number of rotatable bonds is 6. The first-order valence-corrected chi connectivity index (χ1v) is 7.34. The van der Waals surface area contributed by atoms with Gasteiger partial charge in [-0.1, -0.05) is 30.2 Å². The first-order valence-electron chi connectivity index (χ1n) is 6.96. The molecule has 1 heterocycles. The molecule has 0 amide bonds. The number of benzene rings is 1. The number of aliphatic hydroxyl groups is 1. The van der Waals surface area contributed by atoms with Crippen LogP contribution in [-0.4, -0.2) is 42.4 Å². The van der Waals surface area contributed by atoms with Gasteiger partial charge in [0.25, 0.3) is 0 Å². The highest BCUT2D eigenvalue weighted by Gasteiger charge is 2.14. The normalized spacial score (nSPS) is 17.5. The van der Waals surface area contributed by atoms with Gasteiger partial charge in [0.05, 0.1) is 19.3 Å². The number of nitrogens with zero attached hydrogens (tertiary/aromatic N) is 1. The van der Waals surface area contributed by atoms with Crippen molar-refractivity contribution in [3.63, 3.8) is 0 Å². The molecule has 1 fully saturated rings. The zero-order valence-electron chi connectivity index (χ0n) is 11.6. The van der Waals surface area contributed by atoms with Crippen LogP contribution in [0.4, 0.5) is 0 Å². The zero-order valence-corrected chi connectivity index (χ0v) is 13.2. The fourth-order valence-corrected chi connectivity index (χ4v) is 2.51. The monoisotopic (exact) mass is 319 g/mol. The summed E-state index contributed by atoms with van der Waals surface area (Å²) in [6.45, 7) is 3.84. The van der Waals surface area contributed by atoms with Gasteiger partial charge in [-0.15, -0.1) is 12.4 Å². The molecular weight excluding hydrogens is 297 g/mol. The van der Waals surface area contributed by atoms with E-state index in [4.69, 9.17) is 16.3 Å². The highest BCUT2D eigenvalue weighted by atomic mass is 35.5. The molecule has 0 radical (unpaired) electrons. The maximum absolute atomic E-state index is 9.94. The number of β-amino-alcohol motifs (C(OH)–C–C–N with tert-alkyl or cyclic N) is 1. The highest BCUT2D eigenvalue weighted by molar-refractivity contribution is 6.30. The average Bonchev–Trinajstić information content (AvgIpc) is 2.42. The van der Waals surface area contributed by atoms with Crippen molar-refractivity contribution in [1.29, 1.82) is 0 Å². The molecular formula is C15H23Cl2NO2. The third kappa shape index (κ3) is 6.42. The molecule has 0 spiro atoms. The summed E-state index contributed by atoms with van der Waals surface area (Å²) in [4.78, 5) is 2.32. The summed E-state index contributed by atoms with van der Waals surface area (Å²) in [5.41, 5.74) is 1.08. The number of hydrogen-bond acceptors (Lipinski definition) is 3. The number of aliphatic hydroxyl groups excluding tert-OH is 1. The SMILES string of the molecule is Cl.OC(COCc1ccc(Cl)cc1)CN1CCCCC1. The minimum absolute atomic E-state index is 0. The van der Waals surface area contributed by atoms with E-state index in [9.17, 15) is 5.11 Å². The molecule has 1 aromatic carbocycles. The summed E-state index contributed by atoms with van der Waals surface area (Å²) < 4.78 is 5.54. The van der Waals surface area contributed by atoms with E-state index < -0.39 is 6.10 Å². The van der Waals surface area contributed by atoms with Gasteiger partial charge in [-0.2, -0.15) is 0 Å². The molecule has 3 nitrogen and oxygen atoms in total. The molecule has 1 aliphatic rings. The first-order chi connectivity index (χ1) is 9.24. The summed E-state index contributed by atoms with van der Waals surface area (Å²) >= 11 is 5.82. The molecule has 0 bridgehead atoms. The van der Waals surface area contributed by atoms with Crippen molar-refractivity contribution < 1.29 is 9.84 Å². The zero-order chi connectivity index (χ0) is 13.5. The van der Waals surface area contributed by atoms with Crippen LogP contribution in [0.3, 0.4) is 0 Å². The second-order valence-electron chi connectivity index (χ2n) is 5.16. The molecule has 1 N–H and O–H groups in total. The number of piperidine rings is 1. The molecule has 0 aliphatic carbocycles. The summed E-state index contributed by atoms with van der Waals surface area (Å²) in [6, 6.07) is 7.59. The predicted molar refractivity (Wildman–Crippen MR) is 84.7 cm³/mol. The van der Waals surface area contributed by atoms with Crippen molar-refractivity contribution in [2.45, 2.75) is 32.0 Å². The van der Waals surface area contributed by atoms with Gasteiger partial charge in [0.2, 0.25) is 0 Å². The van der Waals surface area contributed by atoms with E-state index in [1.807, 2.05) is 24.3 Å². The van der Waals surface area contributed by atoms with Crippen LogP contribution in [0.1, 0.15) is 24.8 Å². The molecule has 114 valence electrons. The third-order valence-electron chi connectivity index (χ3n) is 3.41. The maximum Gasteiger partial charge on any atom is 0.0900 e. The Balaban J connectivity index is 0.00000200. The smallest absolute Gasteiger partial charge is 0.0900 e. The summed E-state index contributed by atoms with van der Waals surface area (Å²) in [6.07, 6.45) is 3.42. The Labute approximate surface area is 132 Å². The van der Waals surface area contributed by atoms with E-state index in [0.717, 1.165) is 30.2 Å². The lowest BCUT2D eigenvalue weighted by atomic mass is 10.1. The second kappa shape index (κ2) is 9.59. The lowest BCUT2D eigenvalue weighted by Gasteiger charge is -2.28. The van der Waals surface area contributed by atoms with Crippen molar-refractivity contribution >= 4 is 24.0 Å². The van der Waals surface area contributed by atoms with E-state index in [1.54, 1.807) is 0 Å². The summed E-state index contributed by atoms with van der Waals surface area (Å²) in [7, 11) is 0. The van der Waals surface area contributed by atoms with Gasteiger partial charge in [-0.25, -0.2) is 0 Å². The first kappa shape index (κ1) is 17.7. The van der Waals surface area contributed by atoms with Gasteiger partial charge < -0.3 is 14.7 Å². The van der Waals surface area contributed by atoms with Crippen molar-refractivity contribution in [3.8, 4) is 0 Å². The molecule has 0 aromatic heterocycles. The van der Waals surface area contributed by atoms with Gasteiger partial charge >= 0.3 is 0 Å². The largest absolute Gasteiger partial charge is 0.389 e. The molecule has 1 saturated heterocycles. The fourth-order valence-electron chi connectivity index (χ4n) is 2.39. The Bertz CT molecular complexity index is 367. The Morgan fingerprint density at radius 1 is 1.15 bits per heavy atom. The third-order valence-corrected chi connectivity index (χ3v) is 3.66. The van der Waals surface area contributed by atoms with Gasteiger partial charge in [0.1, 0.15) is 0 Å². The van der Waals surface area contributed by atoms with E-state index in [-0.39, 0.29) is 12.4 Å². The quantitative estimate of drug-likeness (QED) is 0.874. The van der Waals surface area contributed by atoms with Gasteiger partial charge in [0, 0.05) is 11.6 Å². The fraction of sp³-hybridized carbons (Fsp3) is 0.600. The number of hydrogen-bond donors (Lipinski definition) is 1.